The van der Waals surface area contributed by atoms with Crippen LogP contribution in [0.2, 0.25) is 0 Å². The van der Waals surface area contributed by atoms with Gasteiger partial charge < -0.3 is 9.72 Å². The summed E-state index contributed by atoms with van der Waals surface area (Å²) in [5.41, 5.74) is 2.53. The van der Waals surface area contributed by atoms with Crippen molar-refractivity contribution < 1.29 is 21.9 Å². The topological polar surface area (TPSA) is 65.6 Å². The molecule has 0 bridgehead atoms. The second kappa shape index (κ2) is 10.6. The van der Waals surface area contributed by atoms with Gasteiger partial charge in [0.1, 0.15) is 23.5 Å². The lowest BCUT2D eigenvalue weighted by atomic mass is 9.88. The van der Waals surface area contributed by atoms with Crippen LogP contribution < -0.4 is 4.74 Å². The Hall–Kier alpha value is -2.49. The van der Waals surface area contributed by atoms with Crippen molar-refractivity contribution in [1.82, 2.24) is 14.8 Å². The number of hydrogen-bond donors (Lipinski definition) is 1. The van der Waals surface area contributed by atoms with Crippen LogP contribution in [0.5, 0.6) is 5.75 Å². The number of rotatable bonds is 9. The van der Waals surface area contributed by atoms with Crippen molar-refractivity contribution in [3.05, 3.63) is 64.9 Å². The highest BCUT2D eigenvalue weighted by atomic mass is 32.2. The summed E-state index contributed by atoms with van der Waals surface area (Å²) in [6.45, 7) is 8.45. The molecule has 3 aromatic rings. The number of nitrogens with one attached hydrogen (secondary N) is 1. The molecule has 38 heavy (non-hydrogen) atoms. The average molecular weight is 546 g/mol. The van der Waals surface area contributed by atoms with Crippen LogP contribution in [0.15, 0.2) is 36.4 Å². The minimum atomic E-state index is -3.34. The average Bonchev–Trinajstić information content (AvgIpc) is 3.19. The molecule has 3 heterocycles. The van der Waals surface area contributed by atoms with Crippen LogP contribution in [-0.2, 0) is 16.3 Å². The number of nitrogens with zero attached hydrogens (tertiary/aromatic N) is 2. The van der Waals surface area contributed by atoms with Crippen molar-refractivity contribution in [1.29, 1.82) is 0 Å². The number of fused-ring (bicyclic) bond motifs is 3. The Balaban J connectivity index is 1.51. The molecule has 5 rings (SSSR count). The van der Waals surface area contributed by atoms with Gasteiger partial charge in [-0.05, 0) is 44.9 Å². The number of unbranched alkanes of at least 4 members (excludes halogenated alkanes) is 1. The van der Waals surface area contributed by atoms with E-state index in [4.69, 9.17) is 4.74 Å². The Morgan fingerprint density at radius 1 is 1.16 bits per heavy atom. The van der Waals surface area contributed by atoms with Crippen LogP contribution in [0, 0.1) is 11.6 Å². The second-order valence-electron chi connectivity index (χ2n) is 11.0. The van der Waals surface area contributed by atoms with Gasteiger partial charge in [0.2, 0.25) is 0 Å². The van der Waals surface area contributed by atoms with Gasteiger partial charge in [-0.2, -0.15) is 0 Å². The molecule has 6 nitrogen and oxygen atoms in total. The zero-order valence-corrected chi connectivity index (χ0v) is 23.3. The molecule has 2 aliphatic rings. The maximum atomic E-state index is 15.8. The van der Waals surface area contributed by atoms with Crippen LogP contribution in [0.1, 0.15) is 56.5 Å². The molecule has 3 atom stereocenters. The number of halogens is 2. The quantitative estimate of drug-likeness (QED) is 0.406. The molecule has 9 heteroatoms. The van der Waals surface area contributed by atoms with Crippen molar-refractivity contribution in [2.75, 3.05) is 32.4 Å². The Morgan fingerprint density at radius 3 is 2.50 bits per heavy atom. The summed E-state index contributed by atoms with van der Waals surface area (Å²) in [6.07, 6.45) is 4.00. The van der Waals surface area contributed by atoms with Crippen LogP contribution in [-0.4, -0.2) is 73.0 Å². The first-order valence-corrected chi connectivity index (χ1v) is 15.4. The van der Waals surface area contributed by atoms with Crippen molar-refractivity contribution in [2.45, 2.75) is 63.5 Å². The van der Waals surface area contributed by atoms with E-state index in [9.17, 15) is 8.42 Å². The molecule has 1 fully saturated rings. The highest BCUT2D eigenvalue weighted by molar-refractivity contribution is 7.91. The maximum Gasteiger partial charge on any atom is 0.151 e. The third-order valence-corrected chi connectivity index (χ3v) is 9.71. The first-order valence-electron chi connectivity index (χ1n) is 13.5. The summed E-state index contributed by atoms with van der Waals surface area (Å²) in [4.78, 5) is 7.60. The molecule has 1 N–H and O–H groups in total. The number of aromatic amines is 1. The number of aromatic nitrogens is 1. The minimum Gasteiger partial charge on any atom is -0.488 e. The monoisotopic (exact) mass is 545 g/mol. The summed E-state index contributed by atoms with van der Waals surface area (Å²) in [6, 6.07) is 9.44. The molecule has 1 aromatic heterocycles. The highest BCUT2D eigenvalue weighted by Gasteiger charge is 2.40. The van der Waals surface area contributed by atoms with E-state index in [1.807, 2.05) is 36.1 Å². The molecule has 0 aliphatic carbocycles. The van der Waals surface area contributed by atoms with Crippen LogP contribution in [0.25, 0.3) is 10.9 Å². The number of ether oxygens (including phenoxy) is 1. The molecular formula is C29H37F2N3O3S. The zero-order chi connectivity index (χ0) is 27.2. The predicted octanol–water partition coefficient (Wildman–Crippen LogP) is 5.08. The van der Waals surface area contributed by atoms with E-state index in [1.165, 1.54) is 18.4 Å². The summed E-state index contributed by atoms with van der Waals surface area (Å²) in [5.74, 6) is -1.20. The van der Waals surface area contributed by atoms with Crippen molar-refractivity contribution in [3.8, 4) is 5.75 Å². The van der Waals surface area contributed by atoms with Gasteiger partial charge in [0, 0.05) is 66.2 Å². The lowest BCUT2D eigenvalue weighted by Gasteiger charge is -2.42. The fraction of sp³-hybridized carbons (Fsp3) is 0.517. The highest BCUT2D eigenvalue weighted by Crippen LogP contribution is 2.43. The van der Waals surface area contributed by atoms with E-state index >= 15 is 8.78 Å². The Morgan fingerprint density at radius 2 is 1.84 bits per heavy atom. The normalized spacial score (nSPS) is 21.8. The molecule has 0 radical (unpaired) electrons. The number of para-hydroxylation sites is 1. The first-order chi connectivity index (χ1) is 18.1. The first kappa shape index (κ1) is 27.1. The SMILES string of the molecule is CCCCN1CC(Oc2cc(F)c([C@@H]3c4[nH]c5ccccc5c4C[C@@H](C)N3CC(C)S(C)(=O)=O)c(F)c2)C1. The van der Waals surface area contributed by atoms with Crippen molar-refractivity contribution in [2.24, 2.45) is 0 Å². The number of likely N-dealkylation sites (tertiary alicyclic amines) is 1. The Labute approximate surface area is 223 Å². The summed E-state index contributed by atoms with van der Waals surface area (Å²) >= 11 is 0. The van der Waals surface area contributed by atoms with Gasteiger partial charge in [-0.3, -0.25) is 9.80 Å². The third kappa shape index (κ3) is 5.20. The molecule has 0 amide bonds. The van der Waals surface area contributed by atoms with Gasteiger partial charge in [-0.15, -0.1) is 0 Å². The zero-order valence-electron chi connectivity index (χ0n) is 22.5. The van der Waals surface area contributed by atoms with Gasteiger partial charge in [0.25, 0.3) is 0 Å². The fourth-order valence-corrected chi connectivity index (χ4v) is 6.22. The van der Waals surface area contributed by atoms with Gasteiger partial charge in [-0.1, -0.05) is 31.5 Å². The molecule has 1 saturated heterocycles. The minimum absolute atomic E-state index is 0.0846. The summed E-state index contributed by atoms with van der Waals surface area (Å²) < 4.78 is 62.3. The third-order valence-electron chi connectivity index (χ3n) is 8.10. The largest absolute Gasteiger partial charge is 0.488 e. The number of hydrogen-bond acceptors (Lipinski definition) is 5. The van der Waals surface area contributed by atoms with Gasteiger partial charge >= 0.3 is 0 Å². The molecule has 2 aliphatic heterocycles. The van der Waals surface area contributed by atoms with Crippen molar-refractivity contribution >= 4 is 20.7 Å². The van der Waals surface area contributed by atoms with Gasteiger partial charge in [0.15, 0.2) is 9.84 Å². The number of benzene rings is 2. The molecule has 0 saturated carbocycles. The summed E-state index contributed by atoms with van der Waals surface area (Å²) in [7, 11) is -3.34. The summed E-state index contributed by atoms with van der Waals surface area (Å²) in [5, 5.41) is 0.329. The van der Waals surface area contributed by atoms with Crippen LogP contribution in [0.4, 0.5) is 8.78 Å². The van der Waals surface area contributed by atoms with E-state index in [0.29, 0.717) is 12.1 Å². The van der Waals surface area contributed by atoms with Gasteiger partial charge in [0.05, 0.1) is 11.3 Å². The Bertz CT molecular complexity index is 1390. The molecular weight excluding hydrogens is 508 g/mol. The smallest absolute Gasteiger partial charge is 0.151 e. The molecule has 2 aromatic carbocycles. The standard InChI is InChI=1S/C29H37F2N3O3S/c1-5-6-11-33-16-21(17-33)37-20-13-24(30)27(25(31)14-20)29-28-23(22-9-7-8-10-26(22)32-28)12-18(2)34(29)15-19(3)38(4,35)36/h7-10,13-14,18-19,21,29,32H,5-6,11-12,15-17H2,1-4H3/t18-,19?,29-/m1/s1. The van der Waals surface area contributed by atoms with Gasteiger partial charge in [-0.25, -0.2) is 17.2 Å². The van der Waals surface area contributed by atoms with E-state index in [1.54, 1.807) is 6.92 Å². The molecule has 1 unspecified atom stereocenters. The maximum absolute atomic E-state index is 15.8. The second-order valence-corrected chi connectivity index (χ2v) is 13.5. The number of H-pyrrole nitrogens is 1. The lowest BCUT2D eigenvalue weighted by molar-refractivity contribution is 0.0189. The molecule has 0 spiro atoms. The molecule has 206 valence electrons. The Kier molecular flexibility index (Phi) is 7.55. The van der Waals surface area contributed by atoms with E-state index in [-0.39, 0.29) is 30.0 Å². The predicted molar refractivity (Wildman–Crippen MR) is 146 cm³/mol. The number of sulfone groups is 1. The van der Waals surface area contributed by atoms with E-state index < -0.39 is 32.8 Å². The van der Waals surface area contributed by atoms with Crippen molar-refractivity contribution in [3.63, 3.8) is 0 Å². The van der Waals surface area contributed by atoms with Crippen LogP contribution in [0.3, 0.4) is 0 Å². The van der Waals surface area contributed by atoms with E-state index in [0.717, 1.165) is 48.9 Å². The van der Waals surface area contributed by atoms with Crippen LogP contribution >= 0.6 is 0 Å². The fourth-order valence-electron chi connectivity index (χ4n) is 5.78. The van der Waals surface area contributed by atoms with E-state index in [2.05, 4.69) is 16.8 Å². The lowest BCUT2D eigenvalue weighted by Crippen LogP contribution is -2.53.